The number of ether oxygens (including phenoxy) is 2. The summed E-state index contributed by atoms with van der Waals surface area (Å²) in [5, 5.41) is 11.9. The van der Waals surface area contributed by atoms with Gasteiger partial charge in [0.1, 0.15) is 18.0 Å². The number of nitrogens with one attached hydrogen (secondary N) is 1. The van der Waals surface area contributed by atoms with Crippen molar-refractivity contribution in [3.8, 4) is 5.75 Å². The van der Waals surface area contributed by atoms with Gasteiger partial charge in [0.25, 0.3) is 0 Å². The van der Waals surface area contributed by atoms with Crippen LogP contribution in [0.2, 0.25) is 0 Å². The Morgan fingerprint density at radius 3 is 2.23 bits per heavy atom. The zero-order chi connectivity index (χ0) is 22.1. The average molecular weight is 411 g/mol. The molecule has 0 aliphatic heterocycles. The molecule has 2 aromatic carbocycles. The van der Waals surface area contributed by atoms with E-state index in [0.29, 0.717) is 13.0 Å². The van der Waals surface area contributed by atoms with Gasteiger partial charge in [0.2, 0.25) is 0 Å². The molecular weight excluding hydrogens is 382 g/mol. The molecule has 2 aromatic rings. The van der Waals surface area contributed by atoms with Crippen molar-refractivity contribution >= 4 is 12.1 Å². The topological polar surface area (TPSA) is 84.9 Å². The van der Waals surface area contributed by atoms with E-state index < -0.39 is 23.7 Å². The second-order valence-corrected chi connectivity index (χ2v) is 8.03. The van der Waals surface area contributed by atoms with Crippen molar-refractivity contribution in [2.75, 3.05) is 0 Å². The van der Waals surface area contributed by atoms with Crippen LogP contribution in [0.1, 0.15) is 38.8 Å². The highest BCUT2D eigenvalue weighted by molar-refractivity contribution is 5.86. The molecule has 2 rings (SSSR count). The summed E-state index contributed by atoms with van der Waals surface area (Å²) >= 11 is 0. The highest BCUT2D eigenvalue weighted by Crippen LogP contribution is 2.16. The fourth-order valence-electron chi connectivity index (χ4n) is 2.70. The molecule has 1 atom stereocenters. The van der Waals surface area contributed by atoms with E-state index in [9.17, 15) is 14.7 Å². The SMILES string of the molecule is C/C(=C/[C@@H](Cc1ccc(OCc2ccccc2)cc1)NC(=O)OC(C)(C)C)C(=O)O. The van der Waals surface area contributed by atoms with Gasteiger partial charge >= 0.3 is 12.1 Å². The lowest BCUT2D eigenvalue weighted by Crippen LogP contribution is -2.39. The number of aliphatic carboxylic acids is 1. The normalized spacial score (nSPS) is 12.7. The minimum atomic E-state index is -1.03. The van der Waals surface area contributed by atoms with Crippen molar-refractivity contribution in [1.82, 2.24) is 5.32 Å². The molecule has 6 nitrogen and oxygen atoms in total. The van der Waals surface area contributed by atoms with Crippen LogP contribution in [0.4, 0.5) is 4.79 Å². The molecule has 0 spiro atoms. The van der Waals surface area contributed by atoms with E-state index in [2.05, 4.69) is 5.32 Å². The summed E-state index contributed by atoms with van der Waals surface area (Å²) in [6.45, 7) is 7.28. The number of hydrogen-bond acceptors (Lipinski definition) is 4. The molecule has 2 N–H and O–H groups in total. The Kier molecular flexibility index (Phi) is 8.04. The second kappa shape index (κ2) is 10.5. The molecule has 0 saturated heterocycles. The molecule has 0 aliphatic carbocycles. The molecule has 0 aliphatic rings. The molecular formula is C24H29NO5. The summed E-state index contributed by atoms with van der Waals surface area (Å²) < 4.78 is 11.1. The van der Waals surface area contributed by atoms with Crippen molar-refractivity contribution in [2.24, 2.45) is 0 Å². The van der Waals surface area contributed by atoms with Gasteiger partial charge in [-0.25, -0.2) is 9.59 Å². The summed E-state index contributed by atoms with van der Waals surface area (Å²) in [5.74, 6) is -0.299. The lowest BCUT2D eigenvalue weighted by Gasteiger charge is -2.22. The molecule has 0 saturated carbocycles. The van der Waals surface area contributed by atoms with Crippen LogP contribution in [-0.2, 0) is 22.6 Å². The Hall–Kier alpha value is -3.28. The molecule has 0 fully saturated rings. The van der Waals surface area contributed by atoms with E-state index in [0.717, 1.165) is 16.9 Å². The fourth-order valence-corrected chi connectivity index (χ4v) is 2.70. The standard InChI is InChI=1S/C24H29NO5/c1-17(22(26)27)14-20(25-23(28)30-24(2,3)4)15-18-10-12-21(13-11-18)29-16-19-8-6-5-7-9-19/h5-14,20H,15-16H2,1-4H3,(H,25,28)(H,26,27)/b17-14-/t20-/m0/s1. The first-order valence-corrected chi connectivity index (χ1v) is 9.79. The third-order valence-corrected chi connectivity index (χ3v) is 4.12. The van der Waals surface area contributed by atoms with Gasteiger partial charge in [-0.2, -0.15) is 0 Å². The maximum absolute atomic E-state index is 12.2. The van der Waals surface area contributed by atoms with Crippen LogP contribution < -0.4 is 10.1 Å². The van der Waals surface area contributed by atoms with Gasteiger partial charge in [-0.3, -0.25) is 0 Å². The Balaban J connectivity index is 2.03. The molecule has 30 heavy (non-hydrogen) atoms. The predicted molar refractivity (Wildman–Crippen MR) is 115 cm³/mol. The van der Waals surface area contributed by atoms with Gasteiger partial charge in [-0.15, -0.1) is 0 Å². The molecule has 0 unspecified atom stereocenters. The van der Waals surface area contributed by atoms with E-state index in [-0.39, 0.29) is 5.57 Å². The van der Waals surface area contributed by atoms with E-state index in [1.807, 2.05) is 54.6 Å². The highest BCUT2D eigenvalue weighted by Gasteiger charge is 2.19. The number of carbonyl (C=O) groups excluding carboxylic acids is 1. The first-order chi connectivity index (χ1) is 14.1. The van der Waals surface area contributed by atoms with E-state index in [4.69, 9.17) is 9.47 Å². The molecule has 0 aromatic heterocycles. The first-order valence-electron chi connectivity index (χ1n) is 9.79. The minimum absolute atomic E-state index is 0.152. The van der Waals surface area contributed by atoms with Gasteiger partial charge in [0.05, 0.1) is 6.04 Å². The lowest BCUT2D eigenvalue weighted by atomic mass is 10.0. The van der Waals surface area contributed by atoms with Gasteiger partial charge in [0, 0.05) is 5.57 Å². The van der Waals surface area contributed by atoms with Crippen molar-refractivity contribution in [2.45, 2.75) is 52.4 Å². The molecule has 0 bridgehead atoms. The maximum Gasteiger partial charge on any atom is 0.408 e. The first kappa shape index (κ1) is 23.0. The Labute approximate surface area is 177 Å². The van der Waals surface area contributed by atoms with Crippen molar-refractivity contribution in [3.05, 3.63) is 77.4 Å². The zero-order valence-electron chi connectivity index (χ0n) is 17.8. The Bertz CT molecular complexity index is 867. The molecule has 0 radical (unpaired) electrons. The number of alkyl carbamates (subject to hydrolysis) is 1. The van der Waals surface area contributed by atoms with E-state index in [1.54, 1.807) is 20.8 Å². The summed E-state index contributed by atoms with van der Waals surface area (Å²) in [6, 6.07) is 16.9. The summed E-state index contributed by atoms with van der Waals surface area (Å²) in [6.07, 6.45) is 1.35. The van der Waals surface area contributed by atoms with Gasteiger partial charge in [0.15, 0.2) is 0 Å². The third kappa shape index (κ3) is 8.39. The second-order valence-electron chi connectivity index (χ2n) is 8.03. The molecule has 160 valence electrons. The molecule has 0 heterocycles. The number of hydrogen-bond donors (Lipinski definition) is 2. The van der Waals surface area contributed by atoms with Gasteiger partial charge in [-0.05, 0) is 57.4 Å². The largest absolute Gasteiger partial charge is 0.489 e. The van der Waals surface area contributed by atoms with Crippen molar-refractivity contribution in [3.63, 3.8) is 0 Å². The van der Waals surface area contributed by atoms with E-state index >= 15 is 0 Å². The number of carboxylic acid groups (broad SMARTS) is 1. The number of carboxylic acids is 1. The number of carbonyl (C=O) groups is 2. The van der Waals surface area contributed by atoms with Crippen LogP contribution in [0.25, 0.3) is 0 Å². The summed E-state index contributed by atoms with van der Waals surface area (Å²) in [7, 11) is 0. The number of benzene rings is 2. The van der Waals surface area contributed by atoms with Crippen LogP contribution in [0.5, 0.6) is 5.75 Å². The smallest absolute Gasteiger partial charge is 0.408 e. The van der Waals surface area contributed by atoms with Gasteiger partial charge < -0.3 is 19.9 Å². The lowest BCUT2D eigenvalue weighted by molar-refractivity contribution is -0.132. The highest BCUT2D eigenvalue weighted by atomic mass is 16.6. The Morgan fingerprint density at radius 2 is 1.67 bits per heavy atom. The van der Waals surface area contributed by atoms with E-state index in [1.165, 1.54) is 13.0 Å². The minimum Gasteiger partial charge on any atom is -0.489 e. The van der Waals surface area contributed by atoms with Crippen LogP contribution in [-0.4, -0.2) is 28.8 Å². The average Bonchev–Trinajstić information content (AvgIpc) is 2.66. The van der Waals surface area contributed by atoms with Crippen LogP contribution in [0, 0.1) is 0 Å². The monoisotopic (exact) mass is 411 g/mol. The quantitative estimate of drug-likeness (QED) is 0.613. The van der Waals surface area contributed by atoms with Gasteiger partial charge in [-0.1, -0.05) is 48.5 Å². The molecule has 1 amide bonds. The van der Waals surface area contributed by atoms with Crippen LogP contribution in [0.15, 0.2) is 66.2 Å². The summed E-state index contributed by atoms with van der Waals surface area (Å²) in [5.41, 5.74) is 1.52. The van der Waals surface area contributed by atoms with Crippen LogP contribution in [0.3, 0.4) is 0 Å². The Morgan fingerprint density at radius 1 is 1.03 bits per heavy atom. The van der Waals surface area contributed by atoms with Crippen molar-refractivity contribution in [1.29, 1.82) is 0 Å². The summed E-state index contributed by atoms with van der Waals surface area (Å²) in [4.78, 5) is 23.4. The molecule has 6 heteroatoms. The predicted octanol–water partition coefficient (Wildman–Crippen LogP) is 4.73. The third-order valence-electron chi connectivity index (χ3n) is 4.12. The zero-order valence-corrected chi connectivity index (χ0v) is 17.8. The van der Waals surface area contributed by atoms with Crippen LogP contribution >= 0.6 is 0 Å². The van der Waals surface area contributed by atoms with Crippen molar-refractivity contribution < 1.29 is 24.2 Å². The number of amides is 1. The number of rotatable bonds is 8. The fraction of sp³-hybridized carbons (Fsp3) is 0.333. The maximum atomic E-state index is 12.2.